The molecule has 258 valence electrons. The molecule has 4 aromatic carbocycles. The number of ether oxygens (including phenoxy) is 1. The quantitative estimate of drug-likeness (QED) is 0.166. The average Bonchev–Trinajstić information content (AvgIpc) is 3.10. The Balaban J connectivity index is 1.60. The molecule has 0 heterocycles. The molecule has 0 unspecified atom stereocenters. The van der Waals surface area contributed by atoms with Crippen LogP contribution in [0.2, 0.25) is 0 Å². The van der Waals surface area contributed by atoms with Gasteiger partial charge in [-0.1, -0.05) is 103 Å². The fourth-order valence-electron chi connectivity index (χ4n) is 6.33. The highest BCUT2D eigenvalue weighted by Gasteiger charge is 2.36. The van der Waals surface area contributed by atoms with Gasteiger partial charge in [0, 0.05) is 19.0 Å². The second kappa shape index (κ2) is 16.2. The van der Waals surface area contributed by atoms with Gasteiger partial charge in [-0.15, -0.1) is 0 Å². The van der Waals surface area contributed by atoms with Crippen LogP contribution >= 0.6 is 0 Å². The van der Waals surface area contributed by atoms with E-state index in [1.807, 2.05) is 81.4 Å². The number of sulfonamides is 1. The van der Waals surface area contributed by atoms with Crippen LogP contribution in [-0.4, -0.2) is 50.9 Å². The van der Waals surface area contributed by atoms with E-state index in [2.05, 4.69) is 5.32 Å². The number of hydrogen-bond acceptors (Lipinski definition) is 5. The maximum Gasteiger partial charge on any atom is 0.264 e. The Kier molecular flexibility index (Phi) is 11.8. The van der Waals surface area contributed by atoms with Crippen molar-refractivity contribution in [3.63, 3.8) is 0 Å². The maximum absolute atomic E-state index is 14.8. The Morgan fingerprint density at radius 3 is 2.04 bits per heavy atom. The fraction of sp³-hybridized carbons (Fsp3) is 0.350. The van der Waals surface area contributed by atoms with Crippen molar-refractivity contribution in [1.82, 2.24) is 10.2 Å². The van der Waals surface area contributed by atoms with E-state index in [0.717, 1.165) is 64.2 Å². The zero-order valence-electron chi connectivity index (χ0n) is 28.9. The summed E-state index contributed by atoms with van der Waals surface area (Å²) in [5.41, 5.74) is 4.77. The van der Waals surface area contributed by atoms with Crippen molar-refractivity contribution in [3.05, 3.63) is 125 Å². The van der Waals surface area contributed by atoms with Crippen LogP contribution in [0.15, 0.2) is 102 Å². The molecule has 2 amide bonds. The lowest BCUT2D eigenvalue weighted by Gasteiger charge is -2.35. The van der Waals surface area contributed by atoms with Crippen LogP contribution in [0.4, 0.5) is 5.69 Å². The first-order valence-corrected chi connectivity index (χ1v) is 18.4. The lowest BCUT2D eigenvalue weighted by Crippen LogP contribution is -2.55. The molecule has 8 nitrogen and oxygen atoms in total. The van der Waals surface area contributed by atoms with Crippen LogP contribution in [0, 0.1) is 20.8 Å². The van der Waals surface area contributed by atoms with Gasteiger partial charge in [-0.3, -0.25) is 13.9 Å². The zero-order valence-corrected chi connectivity index (χ0v) is 29.7. The van der Waals surface area contributed by atoms with E-state index in [-0.39, 0.29) is 35.5 Å². The van der Waals surface area contributed by atoms with E-state index in [1.54, 1.807) is 41.3 Å². The van der Waals surface area contributed by atoms with Gasteiger partial charge in [-0.2, -0.15) is 0 Å². The first kappa shape index (κ1) is 35.7. The number of hydrogen-bond donors (Lipinski definition) is 1. The van der Waals surface area contributed by atoms with Crippen LogP contribution in [0.3, 0.4) is 0 Å². The van der Waals surface area contributed by atoms with E-state index >= 15 is 0 Å². The van der Waals surface area contributed by atoms with Gasteiger partial charge in [0.25, 0.3) is 10.0 Å². The van der Waals surface area contributed by atoms with Crippen LogP contribution in [0.25, 0.3) is 0 Å². The van der Waals surface area contributed by atoms with E-state index in [0.29, 0.717) is 5.75 Å². The van der Waals surface area contributed by atoms with Crippen molar-refractivity contribution >= 4 is 27.5 Å². The number of nitrogens with one attached hydrogen (secondary N) is 1. The number of amides is 2. The summed E-state index contributed by atoms with van der Waals surface area (Å²) in [7, 11) is -2.78. The van der Waals surface area contributed by atoms with Gasteiger partial charge in [0.05, 0.1) is 17.7 Å². The summed E-state index contributed by atoms with van der Waals surface area (Å²) in [6.45, 7) is 5.32. The van der Waals surface area contributed by atoms with E-state index in [9.17, 15) is 18.0 Å². The van der Waals surface area contributed by atoms with E-state index in [4.69, 9.17) is 4.74 Å². The van der Waals surface area contributed by atoms with Crippen LogP contribution in [-0.2, 0) is 32.6 Å². The van der Waals surface area contributed by atoms with Crippen molar-refractivity contribution in [1.29, 1.82) is 0 Å². The summed E-state index contributed by atoms with van der Waals surface area (Å²) in [5.74, 6) is -0.424. The van der Waals surface area contributed by atoms with E-state index in [1.165, 1.54) is 7.11 Å². The molecule has 1 aliphatic rings. The lowest BCUT2D eigenvalue weighted by atomic mass is 9.94. The summed E-state index contributed by atoms with van der Waals surface area (Å²) in [4.78, 5) is 30.7. The van der Waals surface area contributed by atoms with Gasteiger partial charge in [-0.05, 0) is 74.6 Å². The van der Waals surface area contributed by atoms with Gasteiger partial charge in [0.2, 0.25) is 11.8 Å². The molecule has 0 radical (unpaired) electrons. The molecule has 0 aliphatic heterocycles. The molecule has 0 bridgehead atoms. The standard InChI is InChI=1S/C40H47N3O5S/c1-29-15-20-33(21-16-29)27-42(37(26-32-11-7-5-8-12-32)40(45)41-34-13-9-6-10-14-34)39(44)28-43(36-25-31(3)19-24-38(36)48-4)49(46,47)35-22-17-30(2)18-23-35/h5,7-8,11-12,15-25,34,37H,6,9-10,13-14,26-28H2,1-4H3,(H,41,45)/t37-/m0/s1. The van der Waals surface area contributed by atoms with Crippen molar-refractivity contribution < 1.29 is 22.7 Å². The van der Waals surface area contributed by atoms with E-state index < -0.39 is 28.5 Å². The minimum Gasteiger partial charge on any atom is -0.495 e. The van der Waals surface area contributed by atoms with Gasteiger partial charge in [0.1, 0.15) is 18.3 Å². The third-order valence-electron chi connectivity index (χ3n) is 9.19. The third kappa shape index (κ3) is 9.09. The summed E-state index contributed by atoms with van der Waals surface area (Å²) in [6, 6.07) is 28.4. The molecule has 49 heavy (non-hydrogen) atoms. The largest absolute Gasteiger partial charge is 0.495 e. The number of rotatable bonds is 13. The Hall–Kier alpha value is -4.63. The fourth-order valence-corrected chi connectivity index (χ4v) is 7.75. The number of carbonyl (C=O) groups is 2. The number of benzene rings is 4. The summed E-state index contributed by atoms with van der Waals surface area (Å²) in [5, 5.41) is 3.26. The van der Waals surface area contributed by atoms with Gasteiger partial charge in [0.15, 0.2) is 0 Å². The molecule has 1 aliphatic carbocycles. The summed E-state index contributed by atoms with van der Waals surface area (Å²) < 4.78 is 35.7. The summed E-state index contributed by atoms with van der Waals surface area (Å²) in [6.07, 6.45) is 5.30. The van der Waals surface area contributed by atoms with Crippen molar-refractivity contribution in [2.45, 2.75) is 82.8 Å². The minimum atomic E-state index is -4.25. The minimum absolute atomic E-state index is 0.0332. The van der Waals surface area contributed by atoms with Crippen molar-refractivity contribution in [2.24, 2.45) is 0 Å². The Bertz CT molecular complexity index is 1820. The Morgan fingerprint density at radius 1 is 0.796 bits per heavy atom. The molecule has 9 heteroatoms. The highest BCUT2D eigenvalue weighted by atomic mass is 32.2. The molecule has 1 N–H and O–H groups in total. The first-order chi connectivity index (χ1) is 23.5. The number of aryl methyl sites for hydroxylation is 3. The number of nitrogens with zero attached hydrogens (tertiary/aromatic N) is 2. The Labute approximate surface area is 291 Å². The number of anilines is 1. The predicted octanol–water partition coefficient (Wildman–Crippen LogP) is 6.90. The molecule has 1 saturated carbocycles. The highest BCUT2D eigenvalue weighted by Crippen LogP contribution is 2.34. The molecular weight excluding hydrogens is 635 g/mol. The summed E-state index contributed by atoms with van der Waals surface area (Å²) >= 11 is 0. The molecule has 0 aromatic heterocycles. The molecule has 0 saturated heterocycles. The number of methoxy groups -OCH3 is 1. The SMILES string of the molecule is COc1ccc(C)cc1N(CC(=O)N(Cc1ccc(C)cc1)[C@@H](Cc1ccccc1)C(=O)NC1CCCCC1)S(=O)(=O)c1ccc(C)cc1. The van der Waals surface area contributed by atoms with Crippen molar-refractivity contribution in [2.75, 3.05) is 18.0 Å². The maximum atomic E-state index is 14.8. The second-order valence-corrected chi connectivity index (χ2v) is 14.9. The monoisotopic (exact) mass is 681 g/mol. The number of carbonyl (C=O) groups excluding carboxylic acids is 2. The second-order valence-electron chi connectivity index (χ2n) is 13.1. The molecule has 0 spiro atoms. The third-order valence-corrected chi connectivity index (χ3v) is 11.0. The average molecular weight is 682 g/mol. The van der Waals surface area contributed by atoms with Gasteiger partial charge in [-0.25, -0.2) is 8.42 Å². The van der Waals surface area contributed by atoms with Crippen LogP contribution in [0.1, 0.15) is 59.9 Å². The van der Waals surface area contributed by atoms with Crippen LogP contribution in [0.5, 0.6) is 5.75 Å². The topological polar surface area (TPSA) is 96.0 Å². The van der Waals surface area contributed by atoms with Crippen molar-refractivity contribution in [3.8, 4) is 5.75 Å². The molecule has 5 rings (SSSR count). The molecule has 1 atom stereocenters. The highest BCUT2D eigenvalue weighted by molar-refractivity contribution is 7.92. The lowest BCUT2D eigenvalue weighted by molar-refractivity contribution is -0.140. The van der Waals surface area contributed by atoms with Crippen LogP contribution < -0.4 is 14.4 Å². The first-order valence-electron chi connectivity index (χ1n) is 17.0. The molecular formula is C40H47N3O5S. The normalized spacial score (nSPS) is 14.1. The Morgan fingerprint density at radius 2 is 1.41 bits per heavy atom. The predicted molar refractivity (Wildman–Crippen MR) is 194 cm³/mol. The zero-order chi connectivity index (χ0) is 35.0. The van der Waals surface area contributed by atoms with Gasteiger partial charge < -0.3 is 15.0 Å². The van der Waals surface area contributed by atoms with Gasteiger partial charge >= 0.3 is 0 Å². The molecule has 1 fully saturated rings. The smallest absolute Gasteiger partial charge is 0.264 e. The molecule has 4 aromatic rings.